The molecule has 11 nitrogen and oxygen atoms in total. The molecule has 72 heavy (non-hydrogen) atoms. The van der Waals surface area contributed by atoms with Crippen LogP contribution in [0.3, 0.4) is 0 Å². The molecule has 0 fully saturated rings. The van der Waals surface area contributed by atoms with E-state index in [0.29, 0.717) is 19.3 Å². The van der Waals surface area contributed by atoms with Crippen molar-refractivity contribution in [2.75, 3.05) is 26.4 Å². The van der Waals surface area contributed by atoms with Gasteiger partial charge in [0, 0.05) is 19.3 Å². The average Bonchev–Trinajstić information content (AvgIpc) is 3.37. The van der Waals surface area contributed by atoms with Crippen LogP contribution in [0.1, 0.15) is 239 Å². The number of allylic oxidation sites excluding steroid dienone is 14. The fourth-order valence-electron chi connectivity index (χ4n) is 7.50. The molecule has 3 atom stereocenters. The van der Waals surface area contributed by atoms with Crippen molar-refractivity contribution >= 4 is 25.7 Å². The lowest BCUT2D eigenvalue weighted by atomic mass is 10.1. The van der Waals surface area contributed by atoms with Gasteiger partial charge in [-0.1, -0.05) is 196 Å². The first-order chi connectivity index (χ1) is 35.2. The molecule has 2 N–H and O–H groups in total. The molecule has 0 aliphatic heterocycles. The lowest BCUT2D eigenvalue weighted by Gasteiger charge is -2.21. The van der Waals surface area contributed by atoms with Crippen LogP contribution in [0.5, 0.6) is 0 Å². The number of unbranched alkanes of at least 4 members (excludes halogenated alkanes) is 21. The third kappa shape index (κ3) is 51.6. The van der Waals surface area contributed by atoms with E-state index in [1.54, 1.807) is 0 Å². The predicted octanol–water partition coefficient (Wildman–Crippen LogP) is 16.7. The predicted molar refractivity (Wildman–Crippen MR) is 298 cm³/mol. The summed E-state index contributed by atoms with van der Waals surface area (Å²) in [7, 11) is -4.76. The first-order valence-corrected chi connectivity index (χ1v) is 30.0. The molecule has 0 spiro atoms. The summed E-state index contributed by atoms with van der Waals surface area (Å²) in [5.41, 5.74) is 0. The van der Waals surface area contributed by atoms with Crippen LogP contribution < -0.4 is 0 Å². The Kier molecular flexibility index (Phi) is 51.4. The monoisotopic (exact) mass is 1030 g/mol. The largest absolute Gasteiger partial charge is 0.472 e. The van der Waals surface area contributed by atoms with Gasteiger partial charge in [0.2, 0.25) is 0 Å². The van der Waals surface area contributed by atoms with Crippen molar-refractivity contribution in [3.8, 4) is 0 Å². The van der Waals surface area contributed by atoms with Crippen molar-refractivity contribution < 1.29 is 52.2 Å². The Morgan fingerprint density at radius 2 is 0.722 bits per heavy atom. The van der Waals surface area contributed by atoms with Gasteiger partial charge in [-0.2, -0.15) is 0 Å². The van der Waals surface area contributed by atoms with E-state index in [1.807, 2.05) is 0 Å². The number of esters is 3. The minimum atomic E-state index is -4.76. The number of hydrogen-bond donors (Lipinski definition) is 2. The summed E-state index contributed by atoms with van der Waals surface area (Å²) in [5, 5.41) is 9.79. The van der Waals surface area contributed by atoms with Gasteiger partial charge in [-0.3, -0.25) is 23.4 Å². The zero-order chi connectivity index (χ0) is 52.7. The van der Waals surface area contributed by atoms with Crippen molar-refractivity contribution in [2.24, 2.45) is 0 Å². The SMILES string of the molecule is CC/C=C\C/C=C\C/C=C\CCCCCCCCCC(=O)OC(COC(=O)CCCCCCC/C=C\CCCCCCCC)COP(=O)(O)OCC(CO)OC(=O)CCCCC/C=C\C/C=C\C/C=C\CC. The molecule has 0 aliphatic rings. The number of phosphoric ester groups is 1. The van der Waals surface area contributed by atoms with E-state index in [0.717, 1.165) is 135 Å². The Bertz CT molecular complexity index is 1530. The van der Waals surface area contributed by atoms with E-state index >= 15 is 0 Å². The Labute approximate surface area is 439 Å². The van der Waals surface area contributed by atoms with Gasteiger partial charge in [-0.25, -0.2) is 4.57 Å². The van der Waals surface area contributed by atoms with Crippen LogP contribution in [0, 0.1) is 0 Å². The van der Waals surface area contributed by atoms with Gasteiger partial charge in [-0.15, -0.1) is 0 Å². The van der Waals surface area contributed by atoms with Gasteiger partial charge in [-0.05, 0) is 109 Å². The topological polar surface area (TPSA) is 155 Å². The van der Waals surface area contributed by atoms with Crippen molar-refractivity contribution in [1.29, 1.82) is 0 Å². The Morgan fingerprint density at radius 1 is 0.403 bits per heavy atom. The average molecular weight is 1030 g/mol. The molecule has 0 amide bonds. The zero-order valence-corrected chi connectivity index (χ0v) is 46.5. The van der Waals surface area contributed by atoms with Crippen molar-refractivity contribution in [3.63, 3.8) is 0 Å². The van der Waals surface area contributed by atoms with E-state index in [1.165, 1.54) is 44.9 Å². The molecule has 0 radical (unpaired) electrons. The summed E-state index contributed by atoms with van der Waals surface area (Å²) < 4.78 is 39.5. The molecule has 0 saturated heterocycles. The molecule has 0 bridgehead atoms. The van der Waals surface area contributed by atoms with Crippen LogP contribution in [0.15, 0.2) is 85.1 Å². The molecule has 3 unspecified atom stereocenters. The van der Waals surface area contributed by atoms with Crippen LogP contribution >= 0.6 is 7.82 Å². The van der Waals surface area contributed by atoms with Crippen LogP contribution in [0.2, 0.25) is 0 Å². The first-order valence-electron chi connectivity index (χ1n) is 28.5. The number of phosphoric acid groups is 1. The summed E-state index contributed by atoms with van der Waals surface area (Å²) >= 11 is 0. The molecular weight excluding hydrogens is 928 g/mol. The summed E-state index contributed by atoms with van der Waals surface area (Å²) in [6.45, 7) is 4.36. The molecule has 12 heteroatoms. The van der Waals surface area contributed by atoms with E-state index in [9.17, 15) is 28.9 Å². The molecule has 0 saturated carbocycles. The number of aliphatic hydroxyl groups excluding tert-OH is 1. The molecule has 0 rings (SSSR count). The van der Waals surface area contributed by atoms with Gasteiger partial charge in [0.05, 0.1) is 19.8 Å². The highest BCUT2D eigenvalue weighted by Gasteiger charge is 2.28. The molecule has 0 heterocycles. The fraction of sp³-hybridized carbons (Fsp3) is 0.717. The minimum absolute atomic E-state index is 0.138. The summed E-state index contributed by atoms with van der Waals surface area (Å²) in [5.74, 6) is -1.52. The maximum absolute atomic E-state index is 12.9. The van der Waals surface area contributed by atoms with Crippen LogP contribution in [0.25, 0.3) is 0 Å². The lowest BCUT2D eigenvalue weighted by molar-refractivity contribution is -0.161. The standard InChI is InChI=1S/C60H103O11P/c1-4-7-10-13-16-19-22-25-27-28-30-33-36-39-42-45-48-51-60(64)71-57(53-67-58(62)49-46-43-40-37-34-32-29-26-23-20-17-14-11-8-5-2)55-69-72(65,66)68-54-56(52-61)70-59(63)50-47-44-41-38-35-31-24-21-18-15-12-9-6-3/h7,9-10,12,16,18-19,21,25-27,29,31,35,56-57,61H,4-6,8,11,13-15,17,20,22-24,28,30,32-34,36-55H2,1-3H3,(H,65,66)/b10-7-,12-9-,19-16-,21-18-,27-25-,29-26-,35-31-. The van der Waals surface area contributed by atoms with Crippen molar-refractivity contribution in [2.45, 2.75) is 251 Å². The molecular formula is C60H103O11P. The second kappa shape index (κ2) is 53.9. The Hall–Kier alpha value is -3.34. The van der Waals surface area contributed by atoms with Crippen molar-refractivity contribution in [1.82, 2.24) is 0 Å². The quantitative estimate of drug-likeness (QED) is 0.0197. The maximum Gasteiger partial charge on any atom is 0.472 e. The smallest absolute Gasteiger partial charge is 0.462 e. The second-order valence-corrected chi connectivity index (χ2v) is 20.1. The van der Waals surface area contributed by atoms with E-state index < -0.39 is 57.8 Å². The zero-order valence-electron chi connectivity index (χ0n) is 45.6. The van der Waals surface area contributed by atoms with Gasteiger partial charge < -0.3 is 24.2 Å². The van der Waals surface area contributed by atoms with Crippen molar-refractivity contribution in [3.05, 3.63) is 85.1 Å². The van der Waals surface area contributed by atoms with E-state index in [4.69, 9.17) is 23.3 Å². The molecule has 0 aliphatic carbocycles. The van der Waals surface area contributed by atoms with Gasteiger partial charge in [0.15, 0.2) is 6.10 Å². The highest BCUT2D eigenvalue weighted by Crippen LogP contribution is 2.43. The summed E-state index contributed by atoms with van der Waals surface area (Å²) in [4.78, 5) is 48.5. The molecule has 414 valence electrons. The van der Waals surface area contributed by atoms with E-state index in [2.05, 4.69) is 106 Å². The minimum Gasteiger partial charge on any atom is -0.462 e. The Balaban J connectivity index is 4.79. The van der Waals surface area contributed by atoms with E-state index in [-0.39, 0.29) is 25.9 Å². The number of aliphatic hydroxyl groups is 1. The first kappa shape index (κ1) is 68.7. The Morgan fingerprint density at radius 3 is 1.14 bits per heavy atom. The number of carbonyl (C=O) groups is 3. The van der Waals surface area contributed by atoms with Crippen LogP contribution in [0.4, 0.5) is 0 Å². The molecule has 0 aromatic heterocycles. The summed E-state index contributed by atoms with van der Waals surface area (Å²) in [6.07, 6.45) is 61.1. The number of carbonyl (C=O) groups excluding carboxylic acids is 3. The fourth-order valence-corrected chi connectivity index (χ4v) is 8.28. The maximum atomic E-state index is 12.9. The van der Waals surface area contributed by atoms with Gasteiger partial charge >= 0.3 is 25.7 Å². The van der Waals surface area contributed by atoms with Gasteiger partial charge in [0.1, 0.15) is 12.7 Å². The van der Waals surface area contributed by atoms with Crippen LogP contribution in [-0.4, -0.2) is 66.5 Å². The highest BCUT2D eigenvalue weighted by atomic mass is 31.2. The number of hydrogen-bond acceptors (Lipinski definition) is 10. The molecule has 0 aromatic carbocycles. The number of rotatable bonds is 52. The molecule has 0 aromatic rings. The highest BCUT2D eigenvalue weighted by molar-refractivity contribution is 7.47. The third-order valence-electron chi connectivity index (χ3n) is 11.8. The normalized spacial score (nSPS) is 14.0. The number of ether oxygens (including phenoxy) is 3. The van der Waals surface area contributed by atoms with Crippen LogP contribution in [-0.2, 0) is 42.2 Å². The van der Waals surface area contributed by atoms with Gasteiger partial charge in [0.25, 0.3) is 0 Å². The lowest BCUT2D eigenvalue weighted by Crippen LogP contribution is -2.30. The summed E-state index contributed by atoms with van der Waals surface area (Å²) in [6, 6.07) is 0. The second-order valence-electron chi connectivity index (χ2n) is 18.7. The third-order valence-corrected chi connectivity index (χ3v) is 12.7.